The van der Waals surface area contributed by atoms with Crippen LogP contribution in [-0.4, -0.2) is 22.6 Å². The fraction of sp³-hybridized carbons (Fsp3) is 0.317. The molecule has 0 spiro atoms. The lowest BCUT2D eigenvalue weighted by Crippen LogP contribution is -2.28. The molecule has 1 unspecified atom stereocenters. The molecule has 0 saturated heterocycles. The molecule has 0 N–H and O–H groups in total. The molecular formula is C41H48P2. The molecule has 43 heavy (non-hydrogen) atoms. The minimum absolute atomic E-state index is 0.249. The van der Waals surface area contributed by atoms with E-state index in [1.54, 1.807) is 5.57 Å². The summed E-state index contributed by atoms with van der Waals surface area (Å²) >= 11 is 0. The van der Waals surface area contributed by atoms with Crippen molar-refractivity contribution >= 4 is 37.6 Å². The molecular weight excluding hydrogens is 554 g/mol. The van der Waals surface area contributed by atoms with Gasteiger partial charge in [-0.15, -0.1) is 0 Å². The summed E-state index contributed by atoms with van der Waals surface area (Å²) < 4.78 is 0. The summed E-state index contributed by atoms with van der Waals surface area (Å²) in [6.07, 6.45) is 4.94. The summed E-state index contributed by atoms with van der Waals surface area (Å²) in [5.74, 6) is 0.380. The Labute approximate surface area is 263 Å². The first-order chi connectivity index (χ1) is 20.4. The number of rotatable bonds is 8. The van der Waals surface area contributed by atoms with Crippen molar-refractivity contribution in [1.82, 2.24) is 0 Å². The minimum Gasteiger partial charge on any atom is -0.0914 e. The van der Waals surface area contributed by atoms with Gasteiger partial charge < -0.3 is 0 Å². The van der Waals surface area contributed by atoms with Crippen LogP contribution in [0.2, 0.25) is 0 Å². The van der Waals surface area contributed by atoms with Crippen molar-refractivity contribution in [3.8, 4) is 0 Å². The zero-order valence-electron chi connectivity index (χ0n) is 27.4. The van der Waals surface area contributed by atoms with Gasteiger partial charge >= 0.3 is 0 Å². The highest BCUT2D eigenvalue weighted by molar-refractivity contribution is 7.73. The van der Waals surface area contributed by atoms with E-state index >= 15 is 0 Å². The van der Waals surface area contributed by atoms with Gasteiger partial charge in [-0.05, 0) is 88.4 Å². The average Bonchev–Trinajstić information content (AvgIpc) is 3.33. The number of allylic oxidation sites excluding steroid dienone is 4. The zero-order chi connectivity index (χ0) is 30.8. The van der Waals surface area contributed by atoms with E-state index in [1.165, 1.54) is 44.0 Å². The molecule has 0 amide bonds. The molecule has 0 bridgehead atoms. The molecule has 1 aliphatic carbocycles. The van der Waals surface area contributed by atoms with Gasteiger partial charge in [0.2, 0.25) is 0 Å². The van der Waals surface area contributed by atoms with E-state index in [9.17, 15) is 0 Å². The Balaban J connectivity index is 1.74. The second-order valence-corrected chi connectivity index (χ2v) is 20.0. The maximum absolute atomic E-state index is 2.65. The van der Waals surface area contributed by atoms with Gasteiger partial charge in [0.15, 0.2) is 0 Å². The van der Waals surface area contributed by atoms with Crippen LogP contribution >= 0.6 is 15.8 Å². The molecule has 1 aliphatic rings. The Bertz CT molecular complexity index is 1540. The lowest BCUT2D eigenvalue weighted by molar-refractivity contribution is 0.703. The quantitative estimate of drug-likeness (QED) is 0.176. The Hall–Kier alpha value is -2.78. The zero-order valence-corrected chi connectivity index (χ0v) is 29.1. The average molecular weight is 603 g/mol. The van der Waals surface area contributed by atoms with Crippen molar-refractivity contribution in [1.29, 1.82) is 0 Å². The topological polar surface area (TPSA) is 0 Å². The van der Waals surface area contributed by atoms with E-state index in [0.29, 0.717) is 5.92 Å². The van der Waals surface area contributed by atoms with Crippen LogP contribution in [0.15, 0.2) is 121 Å². The highest BCUT2D eigenvalue weighted by atomic mass is 31.1. The lowest BCUT2D eigenvalue weighted by Gasteiger charge is -2.43. The van der Waals surface area contributed by atoms with E-state index < -0.39 is 7.92 Å². The SMILES string of the molecule is Cc1ccccc1P(CC1C=C(c2ccccc2)C(c2ccccc2)=C1CP(C(C)(C)C)C(C)(C)C)c1ccccc1C. The molecule has 2 heteroatoms. The van der Waals surface area contributed by atoms with Crippen LogP contribution in [0.4, 0.5) is 0 Å². The first-order valence-corrected chi connectivity index (χ1v) is 18.7. The molecule has 0 aliphatic heterocycles. The van der Waals surface area contributed by atoms with Crippen molar-refractivity contribution in [3.05, 3.63) is 143 Å². The predicted molar refractivity (Wildman–Crippen MR) is 196 cm³/mol. The third-order valence-corrected chi connectivity index (χ3v) is 15.5. The molecule has 0 nitrogen and oxygen atoms in total. The van der Waals surface area contributed by atoms with Crippen molar-refractivity contribution in [2.24, 2.45) is 5.92 Å². The molecule has 4 aromatic rings. The maximum atomic E-state index is 2.65. The highest BCUT2D eigenvalue weighted by Gasteiger charge is 2.39. The number of hydrogen-bond donors (Lipinski definition) is 0. The lowest BCUT2D eigenvalue weighted by atomic mass is 9.93. The van der Waals surface area contributed by atoms with Gasteiger partial charge in [-0.2, -0.15) is 0 Å². The Kier molecular flexibility index (Phi) is 9.61. The normalized spacial score (nSPS) is 15.9. The first kappa shape index (κ1) is 31.6. The van der Waals surface area contributed by atoms with Crippen LogP contribution in [0.1, 0.15) is 63.8 Å². The first-order valence-electron chi connectivity index (χ1n) is 15.7. The summed E-state index contributed by atoms with van der Waals surface area (Å²) in [5, 5.41) is 3.53. The Morgan fingerprint density at radius 2 is 1.00 bits per heavy atom. The van der Waals surface area contributed by atoms with Crippen LogP contribution in [0.3, 0.4) is 0 Å². The van der Waals surface area contributed by atoms with E-state index in [0.717, 1.165) is 12.3 Å². The van der Waals surface area contributed by atoms with Gasteiger partial charge in [-0.3, -0.25) is 0 Å². The van der Waals surface area contributed by atoms with Crippen LogP contribution in [0, 0.1) is 19.8 Å². The molecule has 4 aromatic carbocycles. The van der Waals surface area contributed by atoms with Crippen molar-refractivity contribution < 1.29 is 0 Å². The van der Waals surface area contributed by atoms with Gasteiger partial charge in [-0.1, -0.05) is 170 Å². The standard InChI is InChI=1S/C41H48P2/c1-30-19-15-17-25-37(30)42(38-26-18-16-20-31(38)2)28-34-27-35(32-21-11-9-12-22-32)39(33-23-13-10-14-24-33)36(34)29-43(40(3,4)5)41(6,7)8/h9-27,34H,28-29H2,1-8H3. The second-order valence-electron chi connectivity index (χ2n) is 13.9. The monoisotopic (exact) mass is 602 g/mol. The maximum Gasteiger partial charge on any atom is 0.00444 e. The van der Waals surface area contributed by atoms with E-state index in [-0.39, 0.29) is 18.2 Å². The molecule has 222 valence electrons. The van der Waals surface area contributed by atoms with Gasteiger partial charge in [0.05, 0.1) is 0 Å². The molecule has 0 saturated carbocycles. The Morgan fingerprint density at radius 1 is 0.558 bits per heavy atom. The minimum atomic E-state index is -0.559. The fourth-order valence-electron chi connectivity index (χ4n) is 6.81. The number of aryl methyl sites for hydroxylation is 2. The predicted octanol–water partition coefficient (Wildman–Crippen LogP) is 11.0. The number of benzene rings is 4. The molecule has 5 rings (SSSR count). The summed E-state index contributed by atoms with van der Waals surface area (Å²) in [4.78, 5) is 0. The van der Waals surface area contributed by atoms with Gasteiger partial charge in [0, 0.05) is 5.92 Å². The smallest absolute Gasteiger partial charge is 0.00444 e. The van der Waals surface area contributed by atoms with Crippen molar-refractivity contribution in [2.45, 2.75) is 65.7 Å². The summed E-state index contributed by atoms with van der Waals surface area (Å²) in [5.41, 5.74) is 10.0. The van der Waals surface area contributed by atoms with Gasteiger partial charge in [0.1, 0.15) is 0 Å². The third-order valence-electron chi connectivity index (χ3n) is 8.69. The van der Waals surface area contributed by atoms with Gasteiger partial charge in [0.25, 0.3) is 0 Å². The molecule has 0 fully saturated rings. The van der Waals surface area contributed by atoms with Crippen LogP contribution in [-0.2, 0) is 0 Å². The van der Waals surface area contributed by atoms with E-state index in [1.807, 2.05) is 0 Å². The third kappa shape index (κ3) is 7.14. The Morgan fingerprint density at radius 3 is 1.47 bits per heavy atom. The van der Waals surface area contributed by atoms with Crippen LogP contribution in [0.5, 0.6) is 0 Å². The molecule has 1 atom stereocenters. The van der Waals surface area contributed by atoms with E-state index in [2.05, 4.69) is 171 Å². The van der Waals surface area contributed by atoms with Crippen molar-refractivity contribution in [3.63, 3.8) is 0 Å². The summed E-state index contributed by atoms with van der Waals surface area (Å²) in [7, 11) is -0.874. The summed E-state index contributed by atoms with van der Waals surface area (Å²) in [6, 6.07) is 40.6. The summed E-state index contributed by atoms with van der Waals surface area (Å²) in [6.45, 7) is 19.4. The highest BCUT2D eigenvalue weighted by Crippen LogP contribution is 2.62. The van der Waals surface area contributed by atoms with Crippen molar-refractivity contribution in [2.75, 3.05) is 12.3 Å². The largest absolute Gasteiger partial charge is 0.0914 e. The molecule has 0 radical (unpaired) electrons. The second kappa shape index (κ2) is 13.1. The molecule has 0 aromatic heterocycles. The molecule has 0 heterocycles. The van der Waals surface area contributed by atoms with Crippen LogP contribution < -0.4 is 10.6 Å². The van der Waals surface area contributed by atoms with Gasteiger partial charge in [-0.25, -0.2) is 0 Å². The number of hydrogen-bond acceptors (Lipinski definition) is 0. The van der Waals surface area contributed by atoms with Crippen LogP contribution in [0.25, 0.3) is 11.1 Å². The fourth-order valence-corrected chi connectivity index (χ4v) is 13.4. The van der Waals surface area contributed by atoms with E-state index in [4.69, 9.17) is 0 Å².